The Labute approximate surface area is 208 Å². The lowest BCUT2D eigenvalue weighted by atomic mass is 9.93. The molecule has 7 heteroatoms. The topological polar surface area (TPSA) is 93.1 Å². The molecule has 3 aromatic rings. The molecule has 0 spiro atoms. The summed E-state index contributed by atoms with van der Waals surface area (Å²) in [7, 11) is 1.28. The number of hydrogen-bond donors (Lipinski definition) is 1. The van der Waals surface area contributed by atoms with Crippen LogP contribution < -0.4 is 9.64 Å². The number of fused-ring (bicyclic) bond motifs is 1. The number of ketones is 1. The number of carbonyl (C=O) groups excluding carboxylic acids is 3. The summed E-state index contributed by atoms with van der Waals surface area (Å²) < 4.78 is 10.4. The van der Waals surface area contributed by atoms with Crippen LogP contribution in [0.15, 0.2) is 72.3 Å². The molecule has 0 saturated carbocycles. The number of methoxy groups -OCH3 is 1. The van der Waals surface area contributed by atoms with Gasteiger partial charge in [0.1, 0.15) is 11.5 Å². The van der Waals surface area contributed by atoms with E-state index in [0.29, 0.717) is 29.8 Å². The lowest BCUT2D eigenvalue weighted by molar-refractivity contribution is -0.132. The van der Waals surface area contributed by atoms with E-state index in [0.717, 1.165) is 23.3 Å². The van der Waals surface area contributed by atoms with Crippen LogP contribution in [0, 0.1) is 0 Å². The maximum absolute atomic E-state index is 13.4. The third-order valence-electron chi connectivity index (χ3n) is 6.66. The molecule has 182 valence electrons. The first-order chi connectivity index (χ1) is 17.4. The average Bonchev–Trinajstić information content (AvgIpc) is 3.49. The molecule has 5 rings (SSSR count). The van der Waals surface area contributed by atoms with E-state index in [1.54, 1.807) is 36.4 Å². The van der Waals surface area contributed by atoms with Gasteiger partial charge in [-0.15, -0.1) is 0 Å². The van der Waals surface area contributed by atoms with Crippen LogP contribution in [0.3, 0.4) is 0 Å². The van der Waals surface area contributed by atoms with Gasteiger partial charge in [0, 0.05) is 17.7 Å². The van der Waals surface area contributed by atoms with Crippen LogP contribution in [-0.2, 0) is 27.2 Å². The lowest BCUT2D eigenvalue weighted by Crippen LogP contribution is -2.29. The molecular weight excluding hydrogens is 458 g/mol. The SMILES string of the molecule is CCc1ccc(C2/C(=C(/O)c3ccc4c(c3)CCO4)C(=O)C(=O)N2c2cccc(C(=O)OC)c2)cc1. The van der Waals surface area contributed by atoms with Crippen molar-refractivity contribution in [2.75, 3.05) is 18.6 Å². The van der Waals surface area contributed by atoms with Gasteiger partial charge in [-0.3, -0.25) is 14.5 Å². The van der Waals surface area contributed by atoms with E-state index in [1.807, 2.05) is 31.2 Å². The third kappa shape index (κ3) is 3.92. The van der Waals surface area contributed by atoms with Gasteiger partial charge in [-0.1, -0.05) is 37.3 Å². The van der Waals surface area contributed by atoms with E-state index < -0.39 is 23.7 Å². The van der Waals surface area contributed by atoms with Crippen molar-refractivity contribution in [3.05, 3.63) is 100 Å². The Balaban J connectivity index is 1.69. The lowest BCUT2D eigenvalue weighted by Gasteiger charge is -2.26. The van der Waals surface area contributed by atoms with Gasteiger partial charge in [0.15, 0.2) is 0 Å². The molecule has 0 aliphatic carbocycles. The zero-order valence-electron chi connectivity index (χ0n) is 20.0. The fraction of sp³-hybridized carbons (Fsp3) is 0.207. The van der Waals surface area contributed by atoms with Crippen molar-refractivity contribution in [1.82, 2.24) is 0 Å². The number of benzene rings is 3. The molecule has 0 bridgehead atoms. The normalized spacial score (nSPS) is 18.2. The predicted molar refractivity (Wildman–Crippen MR) is 134 cm³/mol. The zero-order chi connectivity index (χ0) is 25.4. The monoisotopic (exact) mass is 483 g/mol. The molecule has 0 aromatic heterocycles. The Bertz CT molecular complexity index is 1410. The number of esters is 1. The molecular formula is C29H25NO6. The molecule has 1 N–H and O–H groups in total. The van der Waals surface area contributed by atoms with Crippen molar-refractivity contribution in [3.63, 3.8) is 0 Å². The first kappa shape index (κ1) is 23.4. The molecule has 1 saturated heterocycles. The van der Waals surface area contributed by atoms with Crippen LogP contribution in [0.25, 0.3) is 5.76 Å². The number of carbonyl (C=O) groups is 3. The number of amides is 1. The summed E-state index contributed by atoms with van der Waals surface area (Å²) in [5, 5.41) is 11.4. The largest absolute Gasteiger partial charge is 0.507 e. The van der Waals surface area contributed by atoms with E-state index in [1.165, 1.54) is 18.1 Å². The molecule has 1 amide bonds. The molecule has 36 heavy (non-hydrogen) atoms. The van der Waals surface area contributed by atoms with Crippen molar-refractivity contribution in [1.29, 1.82) is 0 Å². The number of hydrogen-bond acceptors (Lipinski definition) is 6. The van der Waals surface area contributed by atoms with Crippen LogP contribution in [0.1, 0.15) is 45.6 Å². The Hall–Kier alpha value is -4.39. The summed E-state index contributed by atoms with van der Waals surface area (Å²) in [6, 6.07) is 18.3. The summed E-state index contributed by atoms with van der Waals surface area (Å²) in [6.45, 7) is 2.60. The Kier molecular flexibility index (Phi) is 6.06. The highest BCUT2D eigenvalue weighted by molar-refractivity contribution is 6.51. The minimum absolute atomic E-state index is 0.00779. The number of nitrogens with zero attached hydrogens (tertiary/aromatic N) is 1. The number of anilines is 1. The van der Waals surface area contributed by atoms with Gasteiger partial charge in [-0.2, -0.15) is 0 Å². The molecule has 2 aliphatic rings. The average molecular weight is 484 g/mol. The van der Waals surface area contributed by atoms with Crippen LogP contribution in [0.4, 0.5) is 5.69 Å². The number of aliphatic hydroxyl groups excluding tert-OH is 1. The van der Waals surface area contributed by atoms with Gasteiger partial charge in [-0.25, -0.2) is 4.79 Å². The second-order valence-corrected chi connectivity index (χ2v) is 8.73. The standard InChI is InChI=1S/C29H25NO6/c1-3-17-7-9-18(10-8-17)25-24(26(31)20-11-12-23-19(15-20)13-14-36-23)27(32)28(33)30(25)22-6-4-5-21(16-22)29(34)35-2/h4-12,15-16,25,31H,3,13-14H2,1-2H3/b26-24-. The van der Waals surface area contributed by atoms with E-state index in [4.69, 9.17) is 9.47 Å². The van der Waals surface area contributed by atoms with E-state index in [2.05, 4.69) is 0 Å². The van der Waals surface area contributed by atoms with Crippen LogP contribution >= 0.6 is 0 Å². The van der Waals surface area contributed by atoms with Crippen molar-refractivity contribution in [3.8, 4) is 5.75 Å². The van der Waals surface area contributed by atoms with Crippen molar-refractivity contribution in [2.24, 2.45) is 0 Å². The first-order valence-corrected chi connectivity index (χ1v) is 11.8. The summed E-state index contributed by atoms with van der Waals surface area (Å²) in [4.78, 5) is 40.3. The molecule has 1 unspecified atom stereocenters. The number of aliphatic hydroxyl groups is 1. The second-order valence-electron chi connectivity index (χ2n) is 8.73. The number of aryl methyl sites for hydroxylation is 1. The van der Waals surface area contributed by atoms with Crippen molar-refractivity contribution in [2.45, 2.75) is 25.8 Å². The van der Waals surface area contributed by atoms with Crippen molar-refractivity contribution >= 4 is 29.1 Å². The predicted octanol–water partition coefficient (Wildman–Crippen LogP) is 4.60. The van der Waals surface area contributed by atoms with Crippen LogP contribution in [-0.4, -0.2) is 36.5 Å². The van der Waals surface area contributed by atoms with Gasteiger partial charge in [0.25, 0.3) is 11.7 Å². The smallest absolute Gasteiger partial charge is 0.337 e. The van der Waals surface area contributed by atoms with Gasteiger partial charge in [0.05, 0.1) is 30.9 Å². The molecule has 0 radical (unpaired) electrons. The Morgan fingerprint density at radius 1 is 1.06 bits per heavy atom. The fourth-order valence-corrected chi connectivity index (χ4v) is 4.74. The van der Waals surface area contributed by atoms with Crippen LogP contribution in [0.2, 0.25) is 0 Å². The minimum Gasteiger partial charge on any atom is -0.507 e. The Morgan fingerprint density at radius 2 is 1.83 bits per heavy atom. The van der Waals surface area contributed by atoms with Gasteiger partial charge >= 0.3 is 5.97 Å². The quantitative estimate of drug-likeness (QED) is 0.247. The second kappa shape index (κ2) is 9.34. The Morgan fingerprint density at radius 3 is 2.56 bits per heavy atom. The maximum atomic E-state index is 13.4. The summed E-state index contributed by atoms with van der Waals surface area (Å²) in [6.07, 6.45) is 1.53. The molecule has 3 aromatic carbocycles. The highest BCUT2D eigenvalue weighted by Gasteiger charge is 2.47. The molecule has 1 fully saturated rings. The minimum atomic E-state index is -0.881. The summed E-state index contributed by atoms with van der Waals surface area (Å²) in [5.41, 5.74) is 3.73. The molecule has 2 aliphatic heterocycles. The van der Waals surface area contributed by atoms with E-state index in [9.17, 15) is 19.5 Å². The summed E-state index contributed by atoms with van der Waals surface area (Å²) >= 11 is 0. The van der Waals surface area contributed by atoms with E-state index in [-0.39, 0.29) is 16.9 Å². The number of Topliss-reactive ketones (excluding diaryl/α,β-unsaturated/α-hetero) is 1. The fourth-order valence-electron chi connectivity index (χ4n) is 4.74. The zero-order valence-corrected chi connectivity index (χ0v) is 20.0. The van der Waals surface area contributed by atoms with Crippen molar-refractivity contribution < 1.29 is 29.0 Å². The van der Waals surface area contributed by atoms with Gasteiger partial charge in [-0.05, 0) is 59.5 Å². The molecule has 7 nitrogen and oxygen atoms in total. The summed E-state index contributed by atoms with van der Waals surface area (Å²) in [5.74, 6) is -1.64. The highest BCUT2D eigenvalue weighted by atomic mass is 16.5. The van der Waals surface area contributed by atoms with Gasteiger partial charge in [0.2, 0.25) is 0 Å². The number of rotatable bonds is 5. The maximum Gasteiger partial charge on any atom is 0.337 e. The molecule has 1 atom stereocenters. The van der Waals surface area contributed by atoms with Crippen LogP contribution in [0.5, 0.6) is 5.75 Å². The highest BCUT2D eigenvalue weighted by Crippen LogP contribution is 2.43. The third-order valence-corrected chi connectivity index (χ3v) is 6.66. The molecule has 2 heterocycles. The van der Waals surface area contributed by atoms with Gasteiger partial charge < -0.3 is 14.6 Å². The van der Waals surface area contributed by atoms with E-state index >= 15 is 0 Å². The number of ether oxygens (including phenoxy) is 2. The first-order valence-electron chi connectivity index (χ1n) is 11.8.